The molecule has 2 amide bonds. The van der Waals surface area contributed by atoms with Crippen LogP contribution in [0.15, 0.2) is 42.9 Å². The van der Waals surface area contributed by atoms with Crippen molar-refractivity contribution in [2.75, 3.05) is 13.1 Å². The molecule has 2 fully saturated rings. The predicted molar refractivity (Wildman–Crippen MR) is 98.0 cm³/mol. The van der Waals surface area contributed by atoms with Crippen LogP contribution in [-0.4, -0.2) is 45.4 Å². The van der Waals surface area contributed by atoms with Gasteiger partial charge in [-0.05, 0) is 50.2 Å². The number of rotatable bonds is 4. The first kappa shape index (κ1) is 16.8. The van der Waals surface area contributed by atoms with Gasteiger partial charge in [0, 0.05) is 25.0 Å². The Morgan fingerprint density at radius 1 is 1.12 bits per heavy atom. The van der Waals surface area contributed by atoms with Gasteiger partial charge in [-0.25, -0.2) is 4.98 Å². The first-order valence-corrected chi connectivity index (χ1v) is 9.25. The summed E-state index contributed by atoms with van der Waals surface area (Å²) in [6.45, 7) is 3.36. The molecular weight excluding hydrogens is 328 g/mol. The maximum Gasteiger partial charge on any atom is 0.272 e. The van der Waals surface area contributed by atoms with E-state index in [9.17, 15) is 9.59 Å². The fourth-order valence-corrected chi connectivity index (χ4v) is 3.67. The van der Waals surface area contributed by atoms with Gasteiger partial charge in [-0.1, -0.05) is 18.2 Å². The van der Waals surface area contributed by atoms with E-state index in [1.54, 1.807) is 24.0 Å². The Morgan fingerprint density at radius 3 is 2.46 bits per heavy atom. The van der Waals surface area contributed by atoms with Gasteiger partial charge in [0.25, 0.3) is 5.91 Å². The van der Waals surface area contributed by atoms with Crippen LogP contribution in [0.5, 0.6) is 0 Å². The molecule has 6 heteroatoms. The fourth-order valence-electron chi connectivity index (χ4n) is 3.67. The zero-order chi connectivity index (χ0) is 18.1. The number of amides is 2. The normalized spacial score (nSPS) is 19.2. The van der Waals surface area contributed by atoms with Crippen molar-refractivity contribution in [3.63, 3.8) is 0 Å². The summed E-state index contributed by atoms with van der Waals surface area (Å²) >= 11 is 0. The van der Waals surface area contributed by atoms with E-state index in [4.69, 9.17) is 0 Å². The van der Waals surface area contributed by atoms with E-state index in [1.807, 2.05) is 35.2 Å². The highest BCUT2D eigenvalue weighted by atomic mass is 16.2. The van der Waals surface area contributed by atoms with Crippen molar-refractivity contribution < 1.29 is 9.59 Å². The minimum absolute atomic E-state index is 0.00339. The van der Waals surface area contributed by atoms with Crippen molar-refractivity contribution in [3.05, 3.63) is 48.5 Å². The molecule has 1 spiro atoms. The number of likely N-dealkylation sites (tertiary alicyclic amines) is 1. The molecule has 1 aliphatic carbocycles. The number of hydrogen-bond acceptors (Lipinski definition) is 3. The van der Waals surface area contributed by atoms with E-state index >= 15 is 0 Å². The zero-order valence-corrected chi connectivity index (χ0v) is 15.0. The Bertz CT molecular complexity index is 800. The van der Waals surface area contributed by atoms with Crippen molar-refractivity contribution >= 4 is 11.8 Å². The Morgan fingerprint density at radius 2 is 1.81 bits per heavy atom. The lowest BCUT2D eigenvalue weighted by Crippen LogP contribution is -2.49. The van der Waals surface area contributed by atoms with Gasteiger partial charge >= 0.3 is 0 Å². The number of hydrogen-bond donors (Lipinski definition) is 1. The molecule has 6 nitrogen and oxygen atoms in total. The molecule has 136 valence electrons. The predicted octanol–water partition coefficient (Wildman–Crippen LogP) is 2.39. The molecule has 1 aromatic carbocycles. The molecule has 1 unspecified atom stereocenters. The van der Waals surface area contributed by atoms with E-state index in [-0.39, 0.29) is 11.8 Å². The van der Waals surface area contributed by atoms with E-state index in [1.165, 1.54) is 12.8 Å². The second kappa shape index (κ2) is 6.59. The molecule has 2 aliphatic rings. The quantitative estimate of drug-likeness (QED) is 0.919. The van der Waals surface area contributed by atoms with Crippen molar-refractivity contribution in [1.82, 2.24) is 19.8 Å². The highest BCUT2D eigenvalue weighted by Gasteiger charge is 2.45. The van der Waals surface area contributed by atoms with Crippen molar-refractivity contribution in [1.29, 1.82) is 0 Å². The Balaban J connectivity index is 1.35. The average molecular weight is 352 g/mol. The molecular formula is C20H24N4O2. The number of carbonyl (C=O) groups is 2. The van der Waals surface area contributed by atoms with Gasteiger partial charge in [0.1, 0.15) is 18.1 Å². The molecule has 1 aromatic heterocycles. The Labute approximate surface area is 153 Å². The second-order valence-corrected chi connectivity index (χ2v) is 7.52. The van der Waals surface area contributed by atoms with E-state index in [0.29, 0.717) is 11.1 Å². The maximum atomic E-state index is 12.6. The first-order chi connectivity index (χ1) is 12.6. The van der Waals surface area contributed by atoms with Gasteiger partial charge in [-0.15, -0.1) is 0 Å². The van der Waals surface area contributed by atoms with Crippen molar-refractivity contribution in [3.8, 4) is 5.69 Å². The minimum Gasteiger partial charge on any atom is -0.341 e. The van der Waals surface area contributed by atoms with Crippen LogP contribution in [0, 0.1) is 5.41 Å². The minimum atomic E-state index is -0.544. The number of nitrogens with one attached hydrogen (secondary N) is 1. The lowest BCUT2D eigenvalue weighted by atomic mass is 9.93. The molecule has 0 radical (unpaired) electrons. The van der Waals surface area contributed by atoms with Gasteiger partial charge in [0.15, 0.2) is 0 Å². The summed E-state index contributed by atoms with van der Waals surface area (Å²) in [4.78, 5) is 31.1. The molecule has 26 heavy (non-hydrogen) atoms. The topological polar surface area (TPSA) is 67.2 Å². The first-order valence-electron chi connectivity index (χ1n) is 9.25. The van der Waals surface area contributed by atoms with Crippen LogP contribution in [-0.2, 0) is 4.79 Å². The van der Waals surface area contributed by atoms with Crippen LogP contribution in [0.25, 0.3) is 5.69 Å². The summed E-state index contributed by atoms with van der Waals surface area (Å²) in [5, 5.41) is 2.79. The van der Waals surface area contributed by atoms with Gasteiger partial charge in [-0.2, -0.15) is 0 Å². The van der Waals surface area contributed by atoms with Gasteiger partial charge < -0.3 is 14.8 Å². The van der Waals surface area contributed by atoms with Crippen molar-refractivity contribution in [2.24, 2.45) is 5.41 Å². The molecule has 1 saturated carbocycles. The van der Waals surface area contributed by atoms with Crippen LogP contribution in [0.1, 0.15) is 43.1 Å². The molecule has 2 aromatic rings. The summed E-state index contributed by atoms with van der Waals surface area (Å²) in [5.41, 5.74) is 1.78. The number of carbonyl (C=O) groups excluding carboxylic acids is 2. The van der Waals surface area contributed by atoms with Crippen LogP contribution in [0.4, 0.5) is 0 Å². The maximum absolute atomic E-state index is 12.6. The highest BCUT2D eigenvalue weighted by molar-refractivity contribution is 5.95. The Kier molecular flexibility index (Phi) is 4.26. The summed E-state index contributed by atoms with van der Waals surface area (Å²) in [6, 6.07) is 9.14. The number of imidazole rings is 1. The number of nitrogens with zero attached hydrogens (tertiary/aromatic N) is 3. The largest absolute Gasteiger partial charge is 0.341 e. The van der Waals surface area contributed by atoms with Crippen LogP contribution in [0.2, 0.25) is 0 Å². The molecule has 2 heterocycles. The summed E-state index contributed by atoms with van der Waals surface area (Å²) in [7, 11) is 0. The average Bonchev–Trinajstić information content (AvgIpc) is 3.23. The van der Waals surface area contributed by atoms with Crippen molar-refractivity contribution in [2.45, 2.75) is 38.6 Å². The molecule has 0 bridgehead atoms. The number of aromatic nitrogens is 2. The molecule has 1 aliphatic heterocycles. The summed E-state index contributed by atoms with van der Waals surface area (Å²) < 4.78 is 1.79. The third-order valence-corrected chi connectivity index (χ3v) is 5.68. The smallest absolute Gasteiger partial charge is 0.272 e. The zero-order valence-electron chi connectivity index (χ0n) is 15.0. The van der Waals surface area contributed by atoms with Crippen LogP contribution < -0.4 is 5.32 Å². The number of para-hydroxylation sites is 1. The second-order valence-electron chi connectivity index (χ2n) is 7.52. The third-order valence-electron chi connectivity index (χ3n) is 5.68. The number of piperidine rings is 1. The van der Waals surface area contributed by atoms with Gasteiger partial charge in [0.2, 0.25) is 5.91 Å². The molecule has 1 N–H and O–H groups in total. The lowest BCUT2D eigenvalue weighted by molar-refractivity contribution is -0.134. The molecule has 4 rings (SSSR count). The van der Waals surface area contributed by atoms with E-state index in [2.05, 4.69) is 10.3 Å². The summed E-state index contributed by atoms with van der Waals surface area (Å²) in [5.74, 6) is -0.326. The van der Waals surface area contributed by atoms with E-state index in [0.717, 1.165) is 31.6 Å². The standard InChI is InChI=1S/C20H24N4O2/c1-15(19(26)23-11-9-20(7-8-20)10-12-23)22-18(25)17-13-24(14-21-17)16-5-3-2-4-6-16/h2-6,13-15H,7-12H2,1H3,(H,22,25). The Hall–Kier alpha value is -2.63. The fraction of sp³-hybridized carbons (Fsp3) is 0.450. The lowest BCUT2D eigenvalue weighted by Gasteiger charge is -2.33. The number of benzene rings is 1. The van der Waals surface area contributed by atoms with Gasteiger partial charge in [-0.3, -0.25) is 9.59 Å². The highest BCUT2D eigenvalue weighted by Crippen LogP contribution is 2.53. The van der Waals surface area contributed by atoms with Crippen LogP contribution >= 0.6 is 0 Å². The van der Waals surface area contributed by atoms with Gasteiger partial charge in [0.05, 0.1) is 0 Å². The molecule has 1 saturated heterocycles. The summed E-state index contributed by atoms with van der Waals surface area (Å²) in [6.07, 6.45) is 8.11. The van der Waals surface area contributed by atoms with E-state index < -0.39 is 6.04 Å². The monoisotopic (exact) mass is 352 g/mol. The molecule has 1 atom stereocenters. The third kappa shape index (κ3) is 3.36. The van der Waals surface area contributed by atoms with Crippen LogP contribution in [0.3, 0.4) is 0 Å². The SMILES string of the molecule is CC(NC(=O)c1cn(-c2ccccc2)cn1)C(=O)N1CCC2(CC1)CC2.